The minimum Gasteiger partial charge on any atom is -0.493 e. The molecule has 2 rings (SSSR count). The summed E-state index contributed by atoms with van der Waals surface area (Å²) in [7, 11) is 0. The van der Waals surface area contributed by atoms with Gasteiger partial charge in [0.05, 0.1) is 18.8 Å². The van der Waals surface area contributed by atoms with E-state index in [2.05, 4.69) is 22.0 Å². The summed E-state index contributed by atoms with van der Waals surface area (Å²) >= 11 is 3.47. The van der Waals surface area contributed by atoms with Crippen molar-refractivity contribution in [3.63, 3.8) is 0 Å². The Morgan fingerprint density at radius 2 is 2.06 bits per heavy atom. The Labute approximate surface area is 116 Å². The van der Waals surface area contributed by atoms with Crippen LogP contribution in [0.1, 0.15) is 25.0 Å². The zero-order valence-corrected chi connectivity index (χ0v) is 12.3. The minimum atomic E-state index is -0.757. The summed E-state index contributed by atoms with van der Waals surface area (Å²) in [4.78, 5) is 0. The van der Waals surface area contributed by atoms with Crippen LogP contribution in [-0.2, 0) is 12.8 Å². The fourth-order valence-electron chi connectivity index (χ4n) is 2.29. The molecular formula is C14H19BrO3. The quantitative estimate of drug-likeness (QED) is 0.896. The van der Waals surface area contributed by atoms with Crippen molar-refractivity contribution >= 4 is 15.9 Å². The number of benzene rings is 1. The van der Waals surface area contributed by atoms with E-state index in [0.717, 1.165) is 22.2 Å². The Kier molecular flexibility index (Phi) is 4.30. The lowest BCUT2D eigenvalue weighted by molar-refractivity contribution is -0.00755. The van der Waals surface area contributed by atoms with E-state index in [-0.39, 0.29) is 5.92 Å². The van der Waals surface area contributed by atoms with Crippen molar-refractivity contribution in [2.75, 3.05) is 6.61 Å². The molecule has 0 bridgehead atoms. The van der Waals surface area contributed by atoms with Gasteiger partial charge in [0.1, 0.15) is 5.75 Å². The summed E-state index contributed by atoms with van der Waals surface area (Å²) in [5.74, 6) is 0.925. The van der Waals surface area contributed by atoms with Crippen LogP contribution in [0.5, 0.6) is 5.75 Å². The second-order valence-corrected chi connectivity index (χ2v) is 6.07. The Morgan fingerprint density at radius 3 is 2.72 bits per heavy atom. The molecule has 1 aliphatic rings. The fraction of sp³-hybridized carbons (Fsp3) is 0.571. The third kappa shape index (κ3) is 2.87. The summed E-state index contributed by atoms with van der Waals surface area (Å²) in [6.07, 6.45) is -0.139. The molecule has 2 atom stereocenters. The van der Waals surface area contributed by atoms with Crippen LogP contribution in [0.25, 0.3) is 0 Å². The highest BCUT2D eigenvalue weighted by atomic mass is 79.9. The van der Waals surface area contributed by atoms with Crippen LogP contribution in [0.15, 0.2) is 16.6 Å². The monoisotopic (exact) mass is 314 g/mol. The average Bonchev–Trinajstić information content (AvgIpc) is 2.75. The number of aliphatic hydroxyl groups excluding tert-OH is 2. The van der Waals surface area contributed by atoms with E-state index in [4.69, 9.17) is 4.74 Å². The van der Waals surface area contributed by atoms with E-state index in [1.54, 1.807) is 0 Å². The Hall–Kier alpha value is -0.580. The van der Waals surface area contributed by atoms with Crippen LogP contribution >= 0.6 is 15.9 Å². The lowest BCUT2D eigenvalue weighted by atomic mass is 9.95. The van der Waals surface area contributed by atoms with Gasteiger partial charge in [-0.05, 0) is 29.2 Å². The molecule has 1 aromatic rings. The number of fused-ring (bicyclic) bond motifs is 1. The first-order valence-electron chi connectivity index (χ1n) is 6.29. The van der Waals surface area contributed by atoms with Gasteiger partial charge in [0, 0.05) is 17.3 Å². The lowest BCUT2D eigenvalue weighted by Crippen LogP contribution is -2.32. The molecule has 1 heterocycles. The van der Waals surface area contributed by atoms with E-state index >= 15 is 0 Å². The maximum absolute atomic E-state index is 10.0. The van der Waals surface area contributed by atoms with Crippen molar-refractivity contribution in [3.05, 3.63) is 27.7 Å². The first-order valence-corrected chi connectivity index (χ1v) is 7.08. The summed E-state index contributed by atoms with van der Waals surface area (Å²) in [5, 5.41) is 19.9. The second-order valence-electron chi connectivity index (χ2n) is 5.16. The van der Waals surface area contributed by atoms with Gasteiger partial charge in [-0.2, -0.15) is 0 Å². The molecule has 2 unspecified atom stereocenters. The van der Waals surface area contributed by atoms with Crippen LogP contribution in [0.2, 0.25) is 0 Å². The van der Waals surface area contributed by atoms with Gasteiger partial charge in [-0.15, -0.1) is 0 Å². The second kappa shape index (κ2) is 5.59. The van der Waals surface area contributed by atoms with E-state index in [1.165, 1.54) is 5.56 Å². The van der Waals surface area contributed by atoms with E-state index in [0.29, 0.717) is 13.0 Å². The van der Waals surface area contributed by atoms with Crippen molar-refractivity contribution in [3.8, 4) is 5.75 Å². The molecule has 0 radical (unpaired) electrons. The van der Waals surface area contributed by atoms with Crippen molar-refractivity contribution in [1.82, 2.24) is 0 Å². The largest absolute Gasteiger partial charge is 0.493 e. The normalized spacial score (nSPS) is 17.4. The summed E-state index contributed by atoms with van der Waals surface area (Å²) in [6.45, 7) is 4.49. The molecule has 0 fully saturated rings. The van der Waals surface area contributed by atoms with Gasteiger partial charge in [-0.3, -0.25) is 0 Å². The molecule has 0 saturated heterocycles. The van der Waals surface area contributed by atoms with Crippen LogP contribution in [0.4, 0.5) is 0 Å². The lowest BCUT2D eigenvalue weighted by Gasteiger charge is -2.22. The summed E-state index contributed by atoms with van der Waals surface area (Å²) < 4.78 is 6.61. The third-order valence-electron chi connectivity index (χ3n) is 3.33. The SMILES string of the molecule is CC(C)C(O)C(O)Cc1cc(Br)cc2c1OCC2. The number of halogens is 1. The molecule has 18 heavy (non-hydrogen) atoms. The van der Waals surface area contributed by atoms with Gasteiger partial charge in [0.2, 0.25) is 0 Å². The van der Waals surface area contributed by atoms with Crippen LogP contribution in [-0.4, -0.2) is 29.0 Å². The van der Waals surface area contributed by atoms with E-state index < -0.39 is 12.2 Å². The van der Waals surface area contributed by atoms with Gasteiger partial charge >= 0.3 is 0 Å². The Morgan fingerprint density at radius 1 is 1.33 bits per heavy atom. The van der Waals surface area contributed by atoms with Crippen LogP contribution in [0.3, 0.4) is 0 Å². The summed E-state index contributed by atoms with van der Waals surface area (Å²) in [5.41, 5.74) is 2.13. The standard InChI is InChI=1S/C14H19BrO3/c1-8(2)13(17)12(16)7-10-6-11(15)5-9-3-4-18-14(9)10/h5-6,8,12-13,16-17H,3-4,7H2,1-2H3. The molecule has 0 aromatic heterocycles. The highest BCUT2D eigenvalue weighted by molar-refractivity contribution is 9.10. The van der Waals surface area contributed by atoms with Crippen molar-refractivity contribution in [2.24, 2.45) is 5.92 Å². The molecule has 0 saturated carbocycles. The van der Waals surface area contributed by atoms with Gasteiger partial charge in [0.25, 0.3) is 0 Å². The topological polar surface area (TPSA) is 49.7 Å². The van der Waals surface area contributed by atoms with Crippen molar-refractivity contribution < 1.29 is 14.9 Å². The molecule has 1 aromatic carbocycles. The van der Waals surface area contributed by atoms with Crippen molar-refractivity contribution in [1.29, 1.82) is 0 Å². The number of rotatable bonds is 4. The van der Waals surface area contributed by atoms with Gasteiger partial charge in [0.15, 0.2) is 0 Å². The number of hydrogen-bond acceptors (Lipinski definition) is 3. The molecule has 1 aliphatic heterocycles. The first-order chi connectivity index (χ1) is 8.49. The minimum absolute atomic E-state index is 0.0427. The van der Waals surface area contributed by atoms with Gasteiger partial charge in [-0.25, -0.2) is 0 Å². The average molecular weight is 315 g/mol. The van der Waals surface area contributed by atoms with Gasteiger partial charge < -0.3 is 14.9 Å². The molecule has 4 heteroatoms. The Bertz CT molecular complexity index is 431. The molecule has 0 amide bonds. The molecule has 3 nitrogen and oxygen atoms in total. The Balaban J connectivity index is 2.19. The molecule has 100 valence electrons. The molecule has 2 N–H and O–H groups in total. The summed E-state index contributed by atoms with van der Waals surface area (Å²) in [6, 6.07) is 4.01. The van der Waals surface area contributed by atoms with Crippen LogP contribution < -0.4 is 4.74 Å². The number of hydrogen-bond donors (Lipinski definition) is 2. The van der Waals surface area contributed by atoms with Crippen LogP contribution in [0, 0.1) is 5.92 Å². The highest BCUT2D eigenvalue weighted by Gasteiger charge is 2.24. The zero-order chi connectivity index (χ0) is 13.3. The predicted octanol–water partition coefficient (Wildman–Crippen LogP) is 2.30. The fourth-order valence-corrected chi connectivity index (χ4v) is 2.84. The van der Waals surface area contributed by atoms with Gasteiger partial charge in [-0.1, -0.05) is 29.8 Å². The maximum Gasteiger partial charge on any atom is 0.125 e. The maximum atomic E-state index is 10.0. The van der Waals surface area contributed by atoms with E-state index in [1.807, 2.05) is 19.9 Å². The zero-order valence-electron chi connectivity index (χ0n) is 10.7. The number of ether oxygens (including phenoxy) is 1. The van der Waals surface area contributed by atoms with Crippen molar-refractivity contribution in [2.45, 2.75) is 38.9 Å². The smallest absolute Gasteiger partial charge is 0.125 e. The number of aliphatic hydroxyl groups is 2. The first kappa shape index (κ1) is 13.8. The highest BCUT2D eigenvalue weighted by Crippen LogP contribution is 2.34. The molecule has 0 aliphatic carbocycles. The van der Waals surface area contributed by atoms with E-state index in [9.17, 15) is 10.2 Å². The predicted molar refractivity (Wildman–Crippen MR) is 73.9 cm³/mol. The third-order valence-corrected chi connectivity index (χ3v) is 3.79. The molecule has 0 spiro atoms. The molecular weight excluding hydrogens is 296 g/mol.